The molecule has 0 aromatic rings. The second kappa shape index (κ2) is 6.21. The standard InChI is InChI=1S/C10H15BrO/c1-5-10(11)7-6-8(2)9(3)12-4/h5-7,9H,2H2,1,3-4H3/b7-6-,10-5+. The Labute approximate surface area is 82.9 Å². The molecule has 0 fully saturated rings. The highest BCUT2D eigenvalue weighted by Crippen LogP contribution is 2.10. The van der Waals surface area contributed by atoms with Gasteiger partial charge < -0.3 is 4.74 Å². The summed E-state index contributed by atoms with van der Waals surface area (Å²) in [7, 11) is 1.67. The van der Waals surface area contributed by atoms with E-state index in [9.17, 15) is 0 Å². The molecule has 0 spiro atoms. The first-order valence-corrected chi connectivity index (χ1v) is 4.62. The van der Waals surface area contributed by atoms with E-state index in [2.05, 4.69) is 22.5 Å². The van der Waals surface area contributed by atoms with Gasteiger partial charge in [0.25, 0.3) is 0 Å². The highest BCUT2D eigenvalue weighted by molar-refractivity contribution is 9.11. The molecule has 0 aromatic carbocycles. The minimum Gasteiger partial charge on any atom is -0.377 e. The molecule has 0 bridgehead atoms. The monoisotopic (exact) mass is 230 g/mol. The molecule has 0 rings (SSSR count). The van der Waals surface area contributed by atoms with Gasteiger partial charge in [-0.05, 0) is 25.5 Å². The molecule has 0 radical (unpaired) electrons. The minimum atomic E-state index is 0.0819. The van der Waals surface area contributed by atoms with Gasteiger partial charge in [0.15, 0.2) is 0 Å². The molecule has 12 heavy (non-hydrogen) atoms. The minimum absolute atomic E-state index is 0.0819. The molecule has 0 N–H and O–H groups in total. The molecule has 0 saturated carbocycles. The highest BCUT2D eigenvalue weighted by Gasteiger charge is 1.99. The number of rotatable bonds is 4. The normalized spacial score (nSPS) is 15.2. The van der Waals surface area contributed by atoms with Gasteiger partial charge in [0, 0.05) is 11.6 Å². The fraction of sp³-hybridized carbons (Fsp3) is 0.400. The van der Waals surface area contributed by atoms with Crippen molar-refractivity contribution >= 4 is 15.9 Å². The van der Waals surface area contributed by atoms with Crippen LogP contribution in [0.1, 0.15) is 13.8 Å². The lowest BCUT2D eigenvalue weighted by molar-refractivity contribution is 0.150. The fourth-order valence-corrected chi connectivity index (χ4v) is 0.702. The quantitative estimate of drug-likeness (QED) is 0.673. The van der Waals surface area contributed by atoms with Crippen LogP contribution in [-0.2, 0) is 4.74 Å². The lowest BCUT2D eigenvalue weighted by Gasteiger charge is -2.07. The van der Waals surface area contributed by atoms with Gasteiger partial charge in [0.1, 0.15) is 0 Å². The molecule has 2 heteroatoms. The lowest BCUT2D eigenvalue weighted by atomic mass is 10.2. The van der Waals surface area contributed by atoms with E-state index >= 15 is 0 Å². The van der Waals surface area contributed by atoms with Crippen molar-refractivity contribution in [3.63, 3.8) is 0 Å². The van der Waals surface area contributed by atoms with Crippen molar-refractivity contribution in [1.82, 2.24) is 0 Å². The van der Waals surface area contributed by atoms with Gasteiger partial charge in [0.05, 0.1) is 6.10 Å². The van der Waals surface area contributed by atoms with Crippen LogP contribution < -0.4 is 0 Å². The van der Waals surface area contributed by atoms with E-state index in [0.717, 1.165) is 10.1 Å². The summed E-state index contributed by atoms with van der Waals surface area (Å²) in [5.74, 6) is 0. The Morgan fingerprint density at radius 1 is 1.50 bits per heavy atom. The molecule has 0 amide bonds. The summed E-state index contributed by atoms with van der Waals surface area (Å²) in [5.41, 5.74) is 0.969. The molecule has 0 aliphatic heterocycles. The SMILES string of the molecule is C=C(/C=C\C(Br)=C/C)C(C)OC. The van der Waals surface area contributed by atoms with Crippen molar-refractivity contribution in [3.8, 4) is 0 Å². The van der Waals surface area contributed by atoms with Crippen LogP contribution in [0.15, 0.2) is 34.9 Å². The van der Waals surface area contributed by atoms with Crippen LogP contribution in [0, 0.1) is 0 Å². The van der Waals surface area contributed by atoms with E-state index in [0.29, 0.717) is 0 Å². The Hall–Kier alpha value is -0.340. The van der Waals surface area contributed by atoms with Crippen LogP contribution >= 0.6 is 15.9 Å². The van der Waals surface area contributed by atoms with Crippen molar-refractivity contribution in [2.75, 3.05) is 7.11 Å². The number of hydrogen-bond acceptors (Lipinski definition) is 1. The number of halogens is 1. The largest absolute Gasteiger partial charge is 0.377 e. The average Bonchev–Trinajstić information content (AvgIpc) is 2.11. The maximum absolute atomic E-state index is 5.09. The first-order valence-electron chi connectivity index (χ1n) is 3.83. The van der Waals surface area contributed by atoms with Gasteiger partial charge in [0.2, 0.25) is 0 Å². The summed E-state index contributed by atoms with van der Waals surface area (Å²) < 4.78 is 6.14. The smallest absolute Gasteiger partial charge is 0.0787 e. The predicted octanol–water partition coefficient (Wildman–Crippen LogP) is 3.43. The number of ether oxygens (including phenoxy) is 1. The van der Waals surface area contributed by atoms with Crippen LogP contribution in [-0.4, -0.2) is 13.2 Å². The molecule has 0 aliphatic rings. The van der Waals surface area contributed by atoms with Gasteiger partial charge in [-0.15, -0.1) is 0 Å². The van der Waals surface area contributed by atoms with Crippen molar-refractivity contribution < 1.29 is 4.74 Å². The van der Waals surface area contributed by atoms with Gasteiger partial charge >= 0.3 is 0 Å². The Balaban J connectivity index is 4.09. The molecular weight excluding hydrogens is 216 g/mol. The van der Waals surface area contributed by atoms with Crippen LogP contribution in [0.4, 0.5) is 0 Å². The number of allylic oxidation sites excluding steroid dienone is 3. The summed E-state index contributed by atoms with van der Waals surface area (Å²) in [4.78, 5) is 0. The summed E-state index contributed by atoms with van der Waals surface area (Å²) in [6.07, 6.45) is 5.95. The molecule has 1 unspecified atom stereocenters. The van der Waals surface area contributed by atoms with E-state index in [-0.39, 0.29) is 6.10 Å². The summed E-state index contributed by atoms with van der Waals surface area (Å²) in [6, 6.07) is 0. The average molecular weight is 231 g/mol. The predicted molar refractivity (Wildman–Crippen MR) is 57.4 cm³/mol. The molecular formula is C10H15BrO. The molecule has 0 heterocycles. The first kappa shape index (κ1) is 11.7. The Morgan fingerprint density at radius 2 is 2.08 bits per heavy atom. The molecule has 0 aliphatic carbocycles. The molecule has 1 nitrogen and oxygen atoms in total. The third kappa shape index (κ3) is 4.52. The second-order valence-electron chi connectivity index (χ2n) is 2.46. The Morgan fingerprint density at radius 3 is 2.50 bits per heavy atom. The van der Waals surface area contributed by atoms with E-state index in [1.54, 1.807) is 7.11 Å². The van der Waals surface area contributed by atoms with Crippen molar-refractivity contribution in [3.05, 3.63) is 34.9 Å². The summed E-state index contributed by atoms with van der Waals surface area (Å²) in [6.45, 7) is 7.81. The summed E-state index contributed by atoms with van der Waals surface area (Å²) >= 11 is 3.37. The third-order valence-electron chi connectivity index (χ3n) is 1.61. The fourth-order valence-electron chi connectivity index (χ4n) is 0.570. The number of methoxy groups -OCH3 is 1. The first-order chi connectivity index (χ1) is 5.61. The van der Waals surface area contributed by atoms with E-state index in [1.807, 2.05) is 32.1 Å². The van der Waals surface area contributed by atoms with E-state index in [4.69, 9.17) is 4.74 Å². The maximum atomic E-state index is 5.09. The van der Waals surface area contributed by atoms with Gasteiger partial charge in [-0.3, -0.25) is 0 Å². The zero-order valence-corrected chi connectivity index (χ0v) is 9.39. The van der Waals surface area contributed by atoms with E-state index in [1.165, 1.54) is 0 Å². The zero-order valence-electron chi connectivity index (χ0n) is 7.80. The van der Waals surface area contributed by atoms with Gasteiger partial charge in [-0.2, -0.15) is 0 Å². The molecule has 68 valence electrons. The second-order valence-corrected chi connectivity index (χ2v) is 3.38. The van der Waals surface area contributed by atoms with Crippen LogP contribution in [0.5, 0.6) is 0 Å². The Kier molecular flexibility index (Phi) is 6.03. The van der Waals surface area contributed by atoms with Crippen molar-refractivity contribution in [2.45, 2.75) is 20.0 Å². The van der Waals surface area contributed by atoms with Crippen molar-refractivity contribution in [2.24, 2.45) is 0 Å². The highest BCUT2D eigenvalue weighted by atomic mass is 79.9. The molecule has 1 atom stereocenters. The van der Waals surface area contributed by atoms with Crippen LogP contribution in [0.2, 0.25) is 0 Å². The van der Waals surface area contributed by atoms with Gasteiger partial charge in [-0.1, -0.05) is 34.7 Å². The molecule has 0 saturated heterocycles. The third-order valence-corrected chi connectivity index (χ3v) is 2.33. The van der Waals surface area contributed by atoms with Crippen LogP contribution in [0.3, 0.4) is 0 Å². The van der Waals surface area contributed by atoms with Crippen LogP contribution in [0.25, 0.3) is 0 Å². The topological polar surface area (TPSA) is 9.23 Å². The van der Waals surface area contributed by atoms with Crippen molar-refractivity contribution in [1.29, 1.82) is 0 Å². The Bertz CT molecular complexity index is 204. The van der Waals surface area contributed by atoms with Gasteiger partial charge in [-0.25, -0.2) is 0 Å². The summed E-state index contributed by atoms with van der Waals surface area (Å²) in [5, 5.41) is 0. The maximum Gasteiger partial charge on any atom is 0.0787 e. The zero-order chi connectivity index (χ0) is 9.56. The lowest BCUT2D eigenvalue weighted by Crippen LogP contribution is -2.05. The van der Waals surface area contributed by atoms with E-state index < -0.39 is 0 Å². The number of hydrogen-bond donors (Lipinski definition) is 0. The molecule has 0 aromatic heterocycles.